The second-order valence-corrected chi connectivity index (χ2v) is 7.54. The molecule has 4 atom stereocenters. The minimum atomic E-state index is -0.996. The molecule has 3 heterocycles. The highest BCUT2D eigenvalue weighted by Crippen LogP contribution is 2.56. The molecule has 8 heteroatoms. The van der Waals surface area contributed by atoms with E-state index in [1.54, 1.807) is 6.08 Å². The molecule has 7 nitrogen and oxygen atoms in total. The lowest BCUT2D eigenvalue weighted by atomic mass is 9.94. The maximum atomic E-state index is 12.3. The van der Waals surface area contributed by atoms with E-state index in [0.29, 0.717) is 4.43 Å². The number of rotatable bonds is 3. The van der Waals surface area contributed by atoms with E-state index < -0.39 is 28.9 Å². The lowest BCUT2D eigenvalue weighted by molar-refractivity contribution is -0.223. The third-order valence-electron chi connectivity index (χ3n) is 5.13. The van der Waals surface area contributed by atoms with E-state index in [1.165, 1.54) is 16.8 Å². The van der Waals surface area contributed by atoms with Gasteiger partial charge in [0.2, 0.25) is 0 Å². The highest BCUT2D eigenvalue weighted by atomic mass is 127. The number of nitrogens with zero attached hydrogens (tertiary/aromatic N) is 1. The van der Waals surface area contributed by atoms with Crippen LogP contribution in [0.3, 0.4) is 0 Å². The number of halogens is 1. The molecule has 1 aromatic heterocycles. The zero-order chi connectivity index (χ0) is 17.7. The summed E-state index contributed by atoms with van der Waals surface area (Å²) in [5.41, 5.74) is 0.811. The van der Waals surface area contributed by atoms with Gasteiger partial charge in [0.05, 0.1) is 6.10 Å². The van der Waals surface area contributed by atoms with Gasteiger partial charge >= 0.3 is 5.69 Å². The standard InChI is InChI=1S/C17H19IN2O5/c1-2-6-17-13(24-16(25-17)7-3-4-8-16)11(10-18)23-14(17)20-9-5-12(21)19-15(20)22/h5-6,9,11,13-14H,1,3-4,7-8,10H2,(H,19,21,22)/t11-,13-,14-,17-/m1/s1. The summed E-state index contributed by atoms with van der Waals surface area (Å²) in [7, 11) is 0. The van der Waals surface area contributed by atoms with Crippen molar-refractivity contribution in [3.05, 3.63) is 51.5 Å². The summed E-state index contributed by atoms with van der Waals surface area (Å²) in [6, 6.07) is 1.30. The van der Waals surface area contributed by atoms with Crippen molar-refractivity contribution in [2.24, 2.45) is 0 Å². The summed E-state index contributed by atoms with van der Waals surface area (Å²) in [6.45, 7) is 3.69. The van der Waals surface area contributed by atoms with E-state index in [-0.39, 0.29) is 12.2 Å². The molecule has 0 aromatic carbocycles. The highest BCUT2D eigenvalue weighted by molar-refractivity contribution is 14.1. The summed E-state index contributed by atoms with van der Waals surface area (Å²) >= 11 is 2.24. The van der Waals surface area contributed by atoms with Gasteiger partial charge in [-0.1, -0.05) is 29.2 Å². The third kappa shape index (κ3) is 2.59. The summed E-state index contributed by atoms with van der Waals surface area (Å²) in [5.74, 6) is -0.643. The van der Waals surface area contributed by atoms with Crippen molar-refractivity contribution < 1.29 is 14.2 Å². The molecule has 1 spiro atoms. The zero-order valence-corrected chi connectivity index (χ0v) is 15.7. The summed E-state index contributed by atoms with van der Waals surface area (Å²) in [6.07, 6.45) is 5.50. The molecule has 3 aliphatic rings. The predicted octanol–water partition coefficient (Wildman–Crippen LogP) is 1.63. The Morgan fingerprint density at radius 2 is 2.20 bits per heavy atom. The molecular formula is C17H19IN2O5. The van der Waals surface area contributed by atoms with Crippen LogP contribution in [0.5, 0.6) is 0 Å². The number of hydrogen-bond donors (Lipinski definition) is 1. The largest absolute Gasteiger partial charge is 0.347 e. The van der Waals surface area contributed by atoms with Crippen LogP contribution >= 0.6 is 22.6 Å². The molecule has 0 radical (unpaired) electrons. The van der Waals surface area contributed by atoms with Crippen LogP contribution in [0.2, 0.25) is 0 Å². The van der Waals surface area contributed by atoms with Crippen LogP contribution in [0.4, 0.5) is 0 Å². The molecule has 0 unspecified atom stereocenters. The number of H-pyrrole nitrogens is 1. The summed E-state index contributed by atoms with van der Waals surface area (Å²) in [5, 5.41) is 0. The monoisotopic (exact) mass is 458 g/mol. The first kappa shape index (κ1) is 17.2. The molecule has 134 valence electrons. The second kappa shape index (κ2) is 6.21. The van der Waals surface area contributed by atoms with Crippen LogP contribution in [0.1, 0.15) is 31.9 Å². The quantitative estimate of drug-likeness (QED) is 0.423. The van der Waals surface area contributed by atoms with Crippen molar-refractivity contribution in [3.63, 3.8) is 0 Å². The van der Waals surface area contributed by atoms with Crippen molar-refractivity contribution in [3.8, 4) is 0 Å². The maximum Gasteiger partial charge on any atom is 0.330 e. The Morgan fingerprint density at radius 1 is 1.44 bits per heavy atom. The molecule has 1 aliphatic carbocycles. The van der Waals surface area contributed by atoms with E-state index >= 15 is 0 Å². The first-order chi connectivity index (χ1) is 12.0. The fourth-order valence-corrected chi connectivity index (χ4v) is 4.79. The fourth-order valence-electron chi connectivity index (χ4n) is 4.12. The van der Waals surface area contributed by atoms with Crippen LogP contribution in [-0.4, -0.2) is 37.6 Å². The third-order valence-corrected chi connectivity index (χ3v) is 5.99. The van der Waals surface area contributed by atoms with Gasteiger partial charge in [0.15, 0.2) is 17.6 Å². The van der Waals surface area contributed by atoms with Crippen LogP contribution in [-0.2, 0) is 14.2 Å². The van der Waals surface area contributed by atoms with Crippen LogP contribution in [0.15, 0.2) is 40.2 Å². The van der Waals surface area contributed by atoms with Gasteiger partial charge < -0.3 is 14.2 Å². The van der Waals surface area contributed by atoms with Crippen molar-refractivity contribution in [2.45, 2.75) is 55.5 Å². The summed E-state index contributed by atoms with van der Waals surface area (Å²) in [4.78, 5) is 26.0. The minimum absolute atomic E-state index is 0.242. The number of aromatic nitrogens is 2. The molecule has 25 heavy (non-hydrogen) atoms. The van der Waals surface area contributed by atoms with Gasteiger partial charge in [-0.3, -0.25) is 14.3 Å². The number of ether oxygens (including phenoxy) is 3. The molecule has 0 amide bonds. The lowest BCUT2D eigenvalue weighted by Crippen LogP contribution is -2.46. The number of alkyl halides is 1. The normalized spacial score (nSPS) is 35.6. The van der Waals surface area contributed by atoms with Gasteiger partial charge in [-0.15, -0.1) is 5.73 Å². The topological polar surface area (TPSA) is 82.6 Å². The summed E-state index contributed by atoms with van der Waals surface area (Å²) < 4.78 is 21.0. The Morgan fingerprint density at radius 3 is 2.84 bits per heavy atom. The first-order valence-electron chi connectivity index (χ1n) is 8.31. The van der Waals surface area contributed by atoms with Gasteiger partial charge in [0.25, 0.3) is 5.56 Å². The average molecular weight is 458 g/mol. The van der Waals surface area contributed by atoms with Crippen LogP contribution in [0.25, 0.3) is 0 Å². The van der Waals surface area contributed by atoms with E-state index in [0.717, 1.165) is 25.7 Å². The van der Waals surface area contributed by atoms with Gasteiger partial charge in [0.1, 0.15) is 6.10 Å². The van der Waals surface area contributed by atoms with Crippen molar-refractivity contribution in [1.82, 2.24) is 9.55 Å². The Bertz CT molecular complexity index is 836. The molecule has 1 aromatic rings. The van der Waals surface area contributed by atoms with E-state index in [4.69, 9.17) is 14.2 Å². The number of fused-ring (bicyclic) bond motifs is 1. The van der Waals surface area contributed by atoms with Crippen LogP contribution in [0, 0.1) is 0 Å². The van der Waals surface area contributed by atoms with Gasteiger partial charge in [-0.05, 0) is 18.9 Å². The molecule has 1 N–H and O–H groups in total. The Kier molecular flexibility index (Phi) is 4.28. The van der Waals surface area contributed by atoms with Crippen molar-refractivity contribution >= 4 is 22.6 Å². The van der Waals surface area contributed by atoms with E-state index in [1.807, 2.05) is 0 Å². The minimum Gasteiger partial charge on any atom is -0.347 e. The number of hydrogen-bond acceptors (Lipinski definition) is 5. The first-order valence-corrected chi connectivity index (χ1v) is 9.84. The Balaban J connectivity index is 1.85. The molecule has 1 saturated carbocycles. The smallest absolute Gasteiger partial charge is 0.330 e. The van der Waals surface area contributed by atoms with Gasteiger partial charge in [-0.25, -0.2) is 4.79 Å². The molecule has 4 rings (SSSR count). The average Bonchev–Trinajstić information content (AvgIpc) is 3.22. The Hall–Kier alpha value is -1.19. The number of nitrogens with one attached hydrogen (secondary N) is 1. The Labute approximate surface area is 157 Å². The molecule has 2 saturated heterocycles. The van der Waals surface area contributed by atoms with Gasteiger partial charge in [0, 0.05) is 29.5 Å². The molecular weight excluding hydrogens is 439 g/mol. The zero-order valence-electron chi connectivity index (χ0n) is 13.6. The highest BCUT2D eigenvalue weighted by Gasteiger charge is 2.68. The van der Waals surface area contributed by atoms with Crippen LogP contribution < -0.4 is 11.2 Å². The molecule has 3 fully saturated rings. The van der Waals surface area contributed by atoms with E-state index in [9.17, 15) is 9.59 Å². The van der Waals surface area contributed by atoms with Crippen molar-refractivity contribution in [1.29, 1.82) is 0 Å². The maximum absolute atomic E-state index is 12.3. The molecule has 2 aliphatic heterocycles. The lowest BCUT2D eigenvalue weighted by Gasteiger charge is -2.31. The van der Waals surface area contributed by atoms with Gasteiger partial charge in [-0.2, -0.15) is 0 Å². The fraction of sp³-hybridized carbons (Fsp3) is 0.588. The predicted molar refractivity (Wildman–Crippen MR) is 97.7 cm³/mol. The SMILES string of the molecule is C=C=C[C@@]12OC3(CCCC3)O[C@@H]1[C@@H](CI)O[C@H]2n1ccc(=O)[nH]c1=O. The second-order valence-electron chi connectivity index (χ2n) is 6.66. The number of aromatic amines is 1. The van der Waals surface area contributed by atoms with E-state index in [2.05, 4.69) is 39.9 Å². The van der Waals surface area contributed by atoms with Crippen molar-refractivity contribution in [2.75, 3.05) is 4.43 Å². The molecule has 0 bridgehead atoms.